The van der Waals surface area contributed by atoms with Crippen LogP contribution in [0.3, 0.4) is 0 Å². The van der Waals surface area contributed by atoms with Crippen LogP contribution in [0.1, 0.15) is 22.8 Å². The van der Waals surface area contributed by atoms with E-state index in [2.05, 4.69) is 0 Å². The van der Waals surface area contributed by atoms with Gasteiger partial charge >= 0.3 is 0 Å². The minimum absolute atomic E-state index is 0.00533. The molecule has 0 amide bonds. The number of Topliss-reactive ketones (excluding diaryl/α,β-unsaturated/α-hetero) is 1. The highest BCUT2D eigenvalue weighted by atomic mass is 19.1. The number of benzene rings is 1. The van der Waals surface area contributed by atoms with Gasteiger partial charge in [-0.15, -0.1) is 0 Å². The molecule has 1 unspecified atom stereocenters. The molecule has 0 spiro atoms. The van der Waals surface area contributed by atoms with E-state index >= 15 is 0 Å². The van der Waals surface area contributed by atoms with Crippen molar-refractivity contribution in [3.8, 4) is 0 Å². The van der Waals surface area contributed by atoms with Crippen molar-refractivity contribution in [1.82, 2.24) is 0 Å². The molecule has 76 valence electrons. The molecule has 14 heavy (non-hydrogen) atoms. The fourth-order valence-electron chi connectivity index (χ4n) is 1.31. The Morgan fingerprint density at radius 3 is 2.86 bits per heavy atom. The number of carbonyl (C=O) groups excluding carboxylic acids is 1. The number of alkyl halides is 1. The van der Waals surface area contributed by atoms with Crippen molar-refractivity contribution < 1.29 is 9.18 Å². The van der Waals surface area contributed by atoms with Gasteiger partial charge in [0, 0.05) is 12.0 Å². The molecule has 0 aromatic heterocycles. The zero-order chi connectivity index (χ0) is 10.6. The minimum atomic E-state index is -0.891. The van der Waals surface area contributed by atoms with Gasteiger partial charge in [-0.2, -0.15) is 0 Å². The molecule has 3 heteroatoms. The summed E-state index contributed by atoms with van der Waals surface area (Å²) >= 11 is 0. The summed E-state index contributed by atoms with van der Waals surface area (Å²) in [6.07, 6.45) is -0.552. The first-order valence-corrected chi connectivity index (χ1v) is 4.59. The summed E-state index contributed by atoms with van der Waals surface area (Å²) in [5.41, 5.74) is 6.63. The van der Waals surface area contributed by atoms with E-state index in [-0.39, 0.29) is 12.3 Å². The third kappa shape index (κ3) is 2.92. The van der Waals surface area contributed by atoms with Gasteiger partial charge in [-0.05, 0) is 18.6 Å². The van der Waals surface area contributed by atoms with Crippen LogP contribution in [0.4, 0.5) is 4.39 Å². The molecule has 0 radical (unpaired) electrons. The summed E-state index contributed by atoms with van der Waals surface area (Å²) in [5, 5.41) is 0. The molecule has 2 N–H and O–H groups in total. The van der Waals surface area contributed by atoms with E-state index in [0.29, 0.717) is 12.0 Å². The van der Waals surface area contributed by atoms with Gasteiger partial charge in [-0.1, -0.05) is 18.2 Å². The maximum atomic E-state index is 12.7. The van der Waals surface area contributed by atoms with Crippen LogP contribution in [0, 0.1) is 0 Å². The quantitative estimate of drug-likeness (QED) is 0.743. The van der Waals surface area contributed by atoms with Crippen molar-refractivity contribution in [2.24, 2.45) is 5.73 Å². The molecular weight excluding hydrogens is 181 g/mol. The van der Waals surface area contributed by atoms with E-state index < -0.39 is 6.17 Å². The molecule has 1 aromatic carbocycles. The van der Waals surface area contributed by atoms with Crippen LogP contribution in [0.25, 0.3) is 0 Å². The van der Waals surface area contributed by atoms with E-state index in [1.54, 1.807) is 18.2 Å². The Morgan fingerprint density at radius 2 is 2.29 bits per heavy atom. The van der Waals surface area contributed by atoms with Crippen molar-refractivity contribution in [2.75, 3.05) is 6.54 Å². The van der Waals surface area contributed by atoms with Gasteiger partial charge in [0.15, 0.2) is 5.78 Å². The molecule has 0 bridgehead atoms. The maximum absolute atomic E-state index is 12.7. The Morgan fingerprint density at radius 1 is 1.57 bits per heavy atom. The number of rotatable bonds is 4. The van der Waals surface area contributed by atoms with Gasteiger partial charge in [0.2, 0.25) is 0 Å². The molecule has 0 fully saturated rings. The monoisotopic (exact) mass is 195 g/mol. The fourth-order valence-corrected chi connectivity index (χ4v) is 1.31. The molecule has 0 aliphatic carbocycles. The lowest BCUT2D eigenvalue weighted by Gasteiger charge is -2.04. The number of carbonyl (C=O) groups is 1. The highest BCUT2D eigenvalue weighted by molar-refractivity contribution is 5.97. The molecule has 2 nitrogen and oxygen atoms in total. The number of nitrogens with two attached hydrogens (primary N) is 1. The van der Waals surface area contributed by atoms with Crippen LogP contribution in [0.2, 0.25) is 0 Å². The van der Waals surface area contributed by atoms with E-state index in [4.69, 9.17) is 5.73 Å². The van der Waals surface area contributed by atoms with Crippen molar-refractivity contribution >= 4 is 5.78 Å². The molecule has 0 heterocycles. The van der Waals surface area contributed by atoms with Crippen molar-refractivity contribution in [2.45, 2.75) is 19.5 Å². The Labute approximate surface area is 82.9 Å². The summed E-state index contributed by atoms with van der Waals surface area (Å²) in [4.78, 5) is 11.2. The van der Waals surface area contributed by atoms with Crippen LogP contribution in [-0.2, 0) is 6.42 Å². The molecule has 0 aliphatic heterocycles. The smallest absolute Gasteiger partial charge is 0.176 e. The largest absolute Gasteiger partial charge is 0.324 e. The lowest BCUT2D eigenvalue weighted by atomic mass is 10.0. The molecule has 0 saturated heterocycles. The number of ketones is 1. The summed E-state index contributed by atoms with van der Waals surface area (Å²) in [5.74, 6) is -0.113. The van der Waals surface area contributed by atoms with E-state index in [9.17, 15) is 9.18 Å². The standard InChI is InChI=1S/C11H14FNO/c1-8(12)5-9-3-2-4-10(6-9)11(14)7-13/h2-4,6,8H,5,7,13H2,1H3. The predicted molar refractivity (Wildman–Crippen MR) is 54.1 cm³/mol. The van der Waals surface area contributed by atoms with Crippen molar-refractivity contribution in [3.63, 3.8) is 0 Å². The summed E-state index contributed by atoms with van der Waals surface area (Å²) in [6.45, 7) is 1.49. The Balaban J connectivity index is 2.84. The van der Waals surface area contributed by atoms with Gasteiger partial charge in [-0.3, -0.25) is 4.79 Å². The van der Waals surface area contributed by atoms with Gasteiger partial charge in [0.1, 0.15) is 6.17 Å². The van der Waals surface area contributed by atoms with Crippen LogP contribution in [0.5, 0.6) is 0 Å². The topological polar surface area (TPSA) is 43.1 Å². The molecular formula is C11H14FNO. The normalized spacial score (nSPS) is 12.5. The number of hydrogen-bond donors (Lipinski definition) is 1. The lowest BCUT2D eigenvalue weighted by molar-refractivity contribution is 0.100. The molecule has 0 aliphatic rings. The molecule has 1 aromatic rings. The fraction of sp³-hybridized carbons (Fsp3) is 0.364. The van der Waals surface area contributed by atoms with Gasteiger partial charge in [0.05, 0.1) is 6.54 Å². The summed E-state index contributed by atoms with van der Waals surface area (Å²) < 4.78 is 12.7. The van der Waals surface area contributed by atoms with Crippen molar-refractivity contribution in [1.29, 1.82) is 0 Å². The Bertz CT molecular complexity index is 323. The van der Waals surface area contributed by atoms with Gasteiger partial charge in [-0.25, -0.2) is 4.39 Å². The zero-order valence-electron chi connectivity index (χ0n) is 8.16. The van der Waals surface area contributed by atoms with E-state index in [0.717, 1.165) is 5.56 Å². The van der Waals surface area contributed by atoms with Crippen molar-refractivity contribution in [3.05, 3.63) is 35.4 Å². The van der Waals surface area contributed by atoms with E-state index in [1.165, 1.54) is 6.92 Å². The molecule has 1 atom stereocenters. The lowest BCUT2D eigenvalue weighted by Crippen LogP contribution is -2.13. The highest BCUT2D eigenvalue weighted by Gasteiger charge is 2.05. The third-order valence-corrected chi connectivity index (χ3v) is 1.95. The summed E-state index contributed by atoms with van der Waals surface area (Å²) in [7, 11) is 0. The average molecular weight is 195 g/mol. The van der Waals surface area contributed by atoms with Gasteiger partial charge in [0.25, 0.3) is 0 Å². The van der Waals surface area contributed by atoms with Crippen LogP contribution < -0.4 is 5.73 Å². The van der Waals surface area contributed by atoms with Gasteiger partial charge < -0.3 is 5.73 Å². The van der Waals surface area contributed by atoms with Crippen LogP contribution in [-0.4, -0.2) is 18.5 Å². The first-order valence-electron chi connectivity index (χ1n) is 4.59. The third-order valence-electron chi connectivity index (χ3n) is 1.95. The first-order chi connectivity index (χ1) is 6.63. The van der Waals surface area contributed by atoms with Crippen LogP contribution in [0.15, 0.2) is 24.3 Å². The first kappa shape index (κ1) is 10.9. The Hall–Kier alpha value is -1.22. The molecule has 1 rings (SSSR count). The predicted octanol–water partition coefficient (Wildman–Crippen LogP) is 1.73. The minimum Gasteiger partial charge on any atom is -0.324 e. The Kier molecular flexibility index (Phi) is 3.77. The van der Waals surface area contributed by atoms with E-state index in [1.807, 2.05) is 6.07 Å². The number of hydrogen-bond acceptors (Lipinski definition) is 2. The van der Waals surface area contributed by atoms with Crippen LogP contribution >= 0.6 is 0 Å². The average Bonchev–Trinajstić information content (AvgIpc) is 2.16. The second kappa shape index (κ2) is 4.86. The zero-order valence-corrected chi connectivity index (χ0v) is 8.16. The summed E-state index contributed by atoms with van der Waals surface area (Å²) in [6, 6.07) is 6.96. The highest BCUT2D eigenvalue weighted by Crippen LogP contribution is 2.09. The second-order valence-corrected chi connectivity index (χ2v) is 3.31. The maximum Gasteiger partial charge on any atom is 0.176 e. The number of halogens is 1. The second-order valence-electron chi connectivity index (χ2n) is 3.31. The molecule has 0 saturated carbocycles. The SMILES string of the molecule is CC(F)Cc1cccc(C(=O)CN)c1.